The Labute approximate surface area is 76.6 Å². The Morgan fingerprint density at radius 2 is 2.25 bits per heavy atom. The monoisotopic (exact) mass is 182 g/mol. The SMILES string of the molecule is Cc1cc(CC(=O)O)ccc1S. The normalized spacial score (nSPS) is 9.83. The number of carboxylic acid groups (broad SMARTS) is 1. The Balaban J connectivity index is 2.89. The Morgan fingerprint density at radius 1 is 1.58 bits per heavy atom. The van der Waals surface area contributed by atoms with E-state index >= 15 is 0 Å². The molecular weight excluding hydrogens is 172 g/mol. The molecule has 0 amide bonds. The fourth-order valence-corrected chi connectivity index (χ4v) is 1.14. The van der Waals surface area contributed by atoms with Crippen molar-refractivity contribution >= 4 is 18.6 Å². The summed E-state index contributed by atoms with van der Waals surface area (Å²) < 4.78 is 0. The van der Waals surface area contributed by atoms with E-state index in [1.807, 2.05) is 19.1 Å². The molecule has 0 aliphatic carbocycles. The molecule has 0 saturated heterocycles. The number of carbonyl (C=O) groups is 1. The molecule has 0 unspecified atom stereocenters. The first-order valence-electron chi connectivity index (χ1n) is 3.60. The number of hydrogen-bond donors (Lipinski definition) is 2. The Morgan fingerprint density at radius 3 is 2.75 bits per heavy atom. The standard InChI is InChI=1S/C9H10O2S/c1-6-4-7(5-9(10)11)2-3-8(6)12/h2-4,12H,5H2,1H3,(H,10,11). The van der Waals surface area contributed by atoms with Gasteiger partial charge in [0, 0.05) is 4.90 Å². The summed E-state index contributed by atoms with van der Waals surface area (Å²) in [5.41, 5.74) is 1.83. The number of aliphatic carboxylic acids is 1. The van der Waals surface area contributed by atoms with Crippen LogP contribution in [0.5, 0.6) is 0 Å². The lowest BCUT2D eigenvalue weighted by Crippen LogP contribution is -1.99. The second-order valence-electron chi connectivity index (χ2n) is 2.69. The molecule has 0 saturated carbocycles. The van der Waals surface area contributed by atoms with Crippen molar-refractivity contribution in [3.8, 4) is 0 Å². The van der Waals surface area contributed by atoms with Crippen LogP contribution in [0, 0.1) is 6.92 Å². The van der Waals surface area contributed by atoms with E-state index in [1.54, 1.807) is 6.07 Å². The lowest BCUT2D eigenvalue weighted by Gasteiger charge is -2.01. The van der Waals surface area contributed by atoms with Crippen LogP contribution in [0.3, 0.4) is 0 Å². The second kappa shape index (κ2) is 3.63. The molecule has 0 atom stereocenters. The molecule has 0 bridgehead atoms. The maximum Gasteiger partial charge on any atom is 0.307 e. The highest BCUT2D eigenvalue weighted by molar-refractivity contribution is 7.80. The van der Waals surface area contributed by atoms with E-state index in [1.165, 1.54) is 0 Å². The predicted molar refractivity (Wildman–Crippen MR) is 49.8 cm³/mol. The Bertz CT molecular complexity index is 307. The van der Waals surface area contributed by atoms with Crippen molar-refractivity contribution in [3.63, 3.8) is 0 Å². The number of rotatable bonds is 2. The molecule has 0 fully saturated rings. The molecule has 0 aliphatic rings. The van der Waals surface area contributed by atoms with Crippen LogP contribution in [-0.4, -0.2) is 11.1 Å². The molecule has 2 nitrogen and oxygen atoms in total. The second-order valence-corrected chi connectivity index (χ2v) is 3.17. The number of benzene rings is 1. The lowest BCUT2D eigenvalue weighted by molar-refractivity contribution is -0.136. The third-order valence-corrected chi connectivity index (χ3v) is 2.12. The first-order valence-corrected chi connectivity index (χ1v) is 4.04. The zero-order chi connectivity index (χ0) is 9.14. The van der Waals surface area contributed by atoms with Gasteiger partial charge in [-0.25, -0.2) is 0 Å². The van der Waals surface area contributed by atoms with E-state index in [0.717, 1.165) is 16.0 Å². The van der Waals surface area contributed by atoms with E-state index < -0.39 is 5.97 Å². The van der Waals surface area contributed by atoms with E-state index in [0.29, 0.717) is 0 Å². The van der Waals surface area contributed by atoms with Gasteiger partial charge in [0.1, 0.15) is 0 Å². The van der Waals surface area contributed by atoms with Gasteiger partial charge in [0.15, 0.2) is 0 Å². The summed E-state index contributed by atoms with van der Waals surface area (Å²) in [6.07, 6.45) is 0.0783. The first kappa shape index (κ1) is 9.13. The summed E-state index contributed by atoms with van der Waals surface area (Å²) >= 11 is 4.19. The molecule has 0 aromatic heterocycles. The van der Waals surface area contributed by atoms with Gasteiger partial charge in [-0.2, -0.15) is 0 Å². The molecule has 1 rings (SSSR count). The van der Waals surface area contributed by atoms with Crippen molar-refractivity contribution in [1.29, 1.82) is 0 Å². The molecule has 0 heterocycles. The highest BCUT2D eigenvalue weighted by Crippen LogP contribution is 2.14. The van der Waals surface area contributed by atoms with Crippen LogP contribution >= 0.6 is 12.6 Å². The smallest absolute Gasteiger partial charge is 0.307 e. The molecule has 0 spiro atoms. The summed E-state index contributed by atoms with van der Waals surface area (Å²) in [6.45, 7) is 1.91. The summed E-state index contributed by atoms with van der Waals surface area (Å²) in [7, 11) is 0. The summed E-state index contributed by atoms with van der Waals surface area (Å²) in [4.78, 5) is 11.2. The van der Waals surface area contributed by atoms with Gasteiger partial charge in [-0.1, -0.05) is 12.1 Å². The zero-order valence-electron chi connectivity index (χ0n) is 6.74. The average molecular weight is 182 g/mol. The summed E-state index contributed by atoms with van der Waals surface area (Å²) in [5, 5.41) is 8.51. The van der Waals surface area contributed by atoms with E-state index in [-0.39, 0.29) is 6.42 Å². The van der Waals surface area contributed by atoms with E-state index in [4.69, 9.17) is 5.11 Å². The molecule has 1 N–H and O–H groups in total. The maximum absolute atomic E-state index is 10.3. The fourth-order valence-electron chi connectivity index (χ4n) is 1.00. The van der Waals surface area contributed by atoms with Crippen molar-refractivity contribution in [1.82, 2.24) is 0 Å². The van der Waals surface area contributed by atoms with Gasteiger partial charge in [-0.05, 0) is 24.1 Å². The first-order chi connectivity index (χ1) is 5.59. The summed E-state index contributed by atoms with van der Waals surface area (Å²) in [6, 6.07) is 5.44. The van der Waals surface area contributed by atoms with Crippen LogP contribution in [0.2, 0.25) is 0 Å². The molecule has 12 heavy (non-hydrogen) atoms. The quantitative estimate of drug-likeness (QED) is 0.685. The zero-order valence-corrected chi connectivity index (χ0v) is 7.64. The number of thiol groups is 1. The molecular formula is C9H10O2S. The van der Waals surface area contributed by atoms with Gasteiger partial charge in [-0.15, -0.1) is 12.6 Å². The predicted octanol–water partition coefficient (Wildman–Crippen LogP) is 1.91. The number of carboxylic acids is 1. The van der Waals surface area contributed by atoms with E-state index in [2.05, 4.69) is 12.6 Å². The van der Waals surface area contributed by atoms with Crippen LogP contribution in [0.25, 0.3) is 0 Å². The van der Waals surface area contributed by atoms with Crippen LogP contribution in [-0.2, 0) is 11.2 Å². The molecule has 1 aromatic carbocycles. The Hall–Kier alpha value is -0.960. The van der Waals surface area contributed by atoms with Crippen LogP contribution < -0.4 is 0 Å². The van der Waals surface area contributed by atoms with Gasteiger partial charge >= 0.3 is 5.97 Å². The summed E-state index contributed by atoms with van der Waals surface area (Å²) in [5.74, 6) is -0.804. The van der Waals surface area contributed by atoms with Crippen molar-refractivity contribution < 1.29 is 9.90 Å². The van der Waals surface area contributed by atoms with Crippen LogP contribution in [0.4, 0.5) is 0 Å². The van der Waals surface area contributed by atoms with Gasteiger partial charge in [0.25, 0.3) is 0 Å². The van der Waals surface area contributed by atoms with Gasteiger partial charge in [-0.3, -0.25) is 4.79 Å². The minimum atomic E-state index is -0.804. The number of aryl methyl sites for hydroxylation is 1. The molecule has 0 radical (unpaired) electrons. The van der Waals surface area contributed by atoms with Crippen LogP contribution in [0.15, 0.2) is 23.1 Å². The fraction of sp³-hybridized carbons (Fsp3) is 0.222. The third kappa shape index (κ3) is 2.27. The topological polar surface area (TPSA) is 37.3 Å². The molecule has 64 valence electrons. The van der Waals surface area contributed by atoms with Crippen molar-refractivity contribution in [2.24, 2.45) is 0 Å². The minimum Gasteiger partial charge on any atom is -0.481 e. The molecule has 1 aromatic rings. The van der Waals surface area contributed by atoms with Crippen molar-refractivity contribution in [3.05, 3.63) is 29.3 Å². The third-order valence-electron chi connectivity index (χ3n) is 1.62. The maximum atomic E-state index is 10.3. The van der Waals surface area contributed by atoms with Gasteiger partial charge < -0.3 is 5.11 Å². The van der Waals surface area contributed by atoms with Crippen LogP contribution in [0.1, 0.15) is 11.1 Å². The van der Waals surface area contributed by atoms with Gasteiger partial charge in [0.05, 0.1) is 6.42 Å². The highest BCUT2D eigenvalue weighted by Gasteiger charge is 2.01. The van der Waals surface area contributed by atoms with Crippen molar-refractivity contribution in [2.75, 3.05) is 0 Å². The van der Waals surface area contributed by atoms with Gasteiger partial charge in [0.2, 0.25) is 0 Å². The lowest BCUT2D eigenvalue weighted by atomic mass is 10.1. The van der Waals surface area contributed by atoms with E-state index in [9.17, 15) is 4.79 Å². The van der Waals surface area contributed by atoms with Crippen molar-refractivity contribution in [2.45, 2.75) is 18.2 Å². The average Bonchev–Trinajstić information content (AvgIpc) is 1.96. The minimum absolute atomic E-state index is 0.0783. The Kier molecular flexibility index (Phi) is 2.76. The molecule has 0 aliphatic heterocycles. The largest absolute Gasteiger partial charge is 0.481 e. The highest BCUT2D eigenvalue weighted by atomic mass is 32.1. The number of hydrogen-bond acceptors (Lipinski definition) is 2. The molecule has 3 heteroatoms.